The molecule has 0 aliphatic heterocycles. The van der Waals surface area contributed by atoms with Gasteiger partial charge in [-0.1, -0.05) is 0 Å². The van der Waals surface area contributed by atoms with Crippen molar-refractivity contribution in [3.63, 3.8) is 0 Å². The maximum Gasteiger partial charge on any atom is 0.274 e. The number of carbonyl (C=O) groups excluding carboxylic acids is 1. The minimum atomic E-state index is -0.181. The molecular formula is C13H18N4O2. The summed E-state index contributed by atoms with van der Waals surface area (Å²) in [7, 11) is 0. The van der Waals surface area contributed by atoms with Crippen LogP contribution >= 0.6 is 0 Å². The first-order chi connectivity index (χ1) is 8.99. The molecule has 0 spiro atoms. The Morgan fingerprint density at radius 2 is 2.26 bits per heavy atom. The quantitative estimate of drug-likeness (QED) is 0.881. The first-order valence-electron chi connectivity index (χ1n) is 6.14. The molecular weight excluding hydrogens is 244 g/mol. The highest BCUT2D eigenvalue weighted by molar-refractivity contribution is 5.97. The molecule has 102 valence electrons. The van der Waals surface area contributed by atoms with Gasteiger partial charge in [0.25, 0.3) is 5.91 Å². The van der Waals surface area contributed by atoms with Crippen molar-refractivity contribution in [3.8, 4) is 0 Å². The number of aromatic amines is 1. The maximum atomic E-state index is 12.4. The van der Waals surface area contributed by atoms with Crippen LogP contribution in [0.15, 0.2) is 22.7 Å². The normalized spacial score (nSPS) is 10.9. The average molecular weight is 262 g/mol. The van der Waals surface area contributed by atoms with Crippen LogP contribution < -0.4 is 5.73 Å². The van der Waals surface area contributed by atoms with Gasteiger partial charge in [0.05, 0.1) is 18.4 Å². The summed E-state index contributed by atoms with van der Waals surface area (Å²) in [6.07, 6.45) is 1.43. The van der Waals surface area contributed by atoms with Gasteiger partial charge in [0.15, 0.2) is 0 Å². The van der Waals surface area contributed by atoms with Crippen molar-refractivity contribution in [2.75, 3.05) is 5.73 Å². The Labute approximate surface area is 111 Å². The first-order valence-corrected chi connectivity index (χ1v) is 6.14. The molecule has 0 saturated carbocycles. The molecule has 0 aliphatic rings. The molecule has 0 saturated heterocycles. The molecule has 0 aliphatic carbocycles. The van der Waals surface area contributed by atoms with E-state index in [0.717, 1.165) is 11.5 Å². The molecule has 2 heterocycles. The van der Waals surface area contributed by atoms with E-state index in [1.807, 2.05) is 32.9 Å². The number of nitrogens with two attached hydrogens (primary N) is 1. The van der Waals surface area contributed by atoms with Crippen LogP contribution in [0.4, 0.5) is 5.69 Å². The van der Waals surface area contributed by atoms with Crippen molar-refractivity contribution in [3.05, 3.63) is 35.5 Å². The smallest absolute Gasteiger partial charge is 0.274 e. The van der Waals surface area contributed by atoms with Crippen molar-refractivity contribution in [1.29, 1.82) is 0 Å². The molecule has 1 amide bonds. The molecule has 0 unspecified atom stereocenters. The molecule has 2 aromatic heterocycles. The number of aromatic nitrogens is 2. The lowest BCUT2D eigenvalue weighted by molar-refractivity contribution is 0.0670. The fraction of sp³-hybridized carbons (Fsp3) is 0.385. The predicted octanol–water partition coefficient (Wildman–Crippen LogP) is 1.94. The highest BCUT2D eigenvalue weighted by Crippen LogP contribution is 2.17. The Morgan fingerprint density at radius 3 is 2.74 bits per heavy atom. The molecule has 0 atom stereocenters. The Balaban J connectivity index is 2.21. The second-order valence-electron chi connectivity index (χ2n) is 4.74. The summed E-state index contributed by atoms with van der Waals surface area (Å²) in [5.74, 6) is 1.39. The fourth-order valence-electron chi connectivity index (χ4n) is 1.84. The van der Waals surface area contributed by atoms with Crippen LogP contribution in [0.1, 0.15) is 35.9 Å². The first kappa shape index (κ1) is 13.2. The third-order valence-electron chi connectivity index (χ3n) is 2.89. The summed E-state index contributed by atoms with van der Waals surface area (Å²) in [5.41, 5.74) is 6.38. The summed E-state index contributed by atoms with van der Waals surface area (Å²) >= 11 is 0. The SMILES string of the molecule is Cc1ccc(CN(C(=O)c2[nH]ncc2N)C(C)C)o1. The van der Waals surface area contributed by atoms with E-state index in [1.165, 1.54) is 6.20 Å². The summed E-state index contributed by atoms with van der Waals surface area (Å²) in [6, 6.07) is 3.78. The molecule has 6 heteroatoms. The minimum Gasteiger partial charge on any atom is -0.464 e. The van der Waals surface area contributed by atoms with Crippen LogP contribution in [0.25, 0.3) is 0 Å². The summed E-state index contributed by atoms with van der Waals surface area (Å²) in [5, 5.41) is 6.41. The van der Waals surface area contributed by atoms with Gasteiger partial charge in [0.1, 0.15) is 17.2 Å². The van der Waals surface area contributed by atoms with Crippen molar-refractivity contribution in [1.82, 2.24) is 15.1 Å². The van der Waals surface area contributed by atoms with Crippen LogP contribution in [-0.4, -0.2) is 27.0 Å². The van der Waals surface area contributed by atoms with Crippen molar-refractivity contribution in [2.24, 2.45) is 0 Å². The average Bonchev–Trinajstić information content (AvgIpc) is 2.94. The van der Waals surface area contributed by atoms with Gasteiger partial charge >= 0.3 is 0 Å². The fourth-order valence-corrected chi connectivity index (χ4v) is 1.84. The van der Waals surface area contributed by atoms with Gasteiger partial charge < -0.3 is 15.1 Å². The number of furan rings is 1. The van der Waals surface area contributed by atoms with Crippen LogP contribution in [0.3, 0.4) is 0 Å². The number of hydrogen-bond donors (Lipinski definition) is 2. The van der Waals surface area contributed by atoms with E-state index in [-0.39, 0.29) is 11.9 Å². The second kappa shape index (κ2) is 5.17. The maximum absolute atomic E-state index is 12.4. The van der Waals surface area contributed by atoms with Crippen LogP contribution in [0, 0.1) is 6.92 Å². The highest BCUT2D eigenvalue weighted by atomic mass is 16.3. The highest BCUT2D eigenvalue weighted by Gasteiger charge is 2.23. The number of carbonyl (C=O) groups is 1. The van der Waals surface area contributed by atoms with E-state index < -0.39 is 0 Å². The third kappa shape index (κ3) is 2.78. The molecule has 19 heavy (non-hydrogen) atoms. The number of anilines is 1. The van der Waals surface area contributed by atoms with Gasteiger partial charge in [-0.15, -0.1) is 0 Å². The van der Waals surface area contributed by atoms with E-state index in [1.54, 1.807) is 4.90 Å². The Kier molecular flexibility index (Phi) is 3.59. The molecule has 6 nitrogen and oxygen atoms in total. The van der Waals surface area contributed by atoms with Crippen LogP contribution in [0.2, 0.25) is 0 Å². The zero-order valence-electron chi connectivity index (χ0n) is 11.3. The van der Waals surface area contributed by atoms with Crippen molar-refractivity contribution >= 4 is 11.6 Å². The van der Waals surface area contributed by atoms with Crippen LogP contribution in [0.5, 0.6) is 0 Å². The lowest BCUT2D eigenvalue weighted by Crippen LogP contribution is -2.36. The molecule has 0 bridgehead atoms. The molecule has 0 fully saturated rings. The number of nitrogen functional groups attached to an aromatic ring is 1. The number of amides is 1. The second-order valence-corrected chi connectivity index (χ2v) is 4.74. The van der Waals surface area contributed by atoms with E-state index >= 15 is 0 Å². The van der Waals surface area contributed by atoms with E-state index in [2.05, 4.69) is 10.2 Å². The largest absolute Gasteiger partial charge is 0.464 e. The lowest BCUT2D eigenvalue weighted by Gasteiger charge is -2.25. The van der Waals surface area contributed by atoms with Crippen LogP contribution in [-0.2, 0) is 6.54 Å². The summed E-state index contributed by atoms with van der Waals surface area (Å²) in [4.78, 5) is 14.1. The third-order valence-corrected chi connectivity index (χ3v) is 2.89. The van der Waals surface area contributed by atoms with Gasteiger partial charge in [0, 0.05) is 6.04 Å². The Morgan fingerprint density at radius 1 is 1.53 bits per heavy atom. The van der Waals surface area contributed by atoms with E-state index in [9.17, 15) is 4.79 Å². The summed E-state index contributed by atoms with van der Waals surface area (Å²) in [6.45, 7) is 6.17. The van der Waals surface area contributed by atoms with Gasteiger partial charge in [-0.25, -0.2) is 0 Å². The summed E-state index contributed by atoms with van der Waals surface area (Å²) < 4.78 is 5.51. The van der Waals surface area contributed by atoms with Gasteiger partial charge in [-0.3, -0.25) is 9.89 Å². The molecule has 2 rings (SSSR count). The number of nitrogens with zero attached hydrogens (tertiary/aromatic N) is 2. The van der Waals surface area contributed by atoms with Crippen molar-refractivity contribution < 1.29 is 9.21 Å². The molecule has 2 aromatic rings. The number of hydrogen-bond acceptors (Lipinski definition) is 4. The topological polar surface area (TPSA) is 88.2 Å². The zero-order valence-corrected chi connectivity index (χ0v) is 11.3. The minimum absolute atomic E-state index is 0.0283. The Bertz CT molecular complexity index is 571. The standard InChI is InChI=1S/C13H18N4O2/c1-8(2)17(7-10-5-4-9(3)19-10)13(18)12-11(14)6-15-16-12/h4-6,8H,7,14H2,1-3H3,(H,15,16). The molecule has 0 radical (unpaired) electrons. The Hall–Kier alpha value is -2.24. The molecule has 3 N–H and O–H groups in total. The van der Waals surface area contributed by atoms with E-state index in [4.69, 9.17) is 10.2 Å². The van der Waals surface area contributed by atoms with Gasteiger partial charge in [-0.05, 0) is 32.9 Å². The monoisotopic (exact) mass is 262 g/mol. The number of rotatable bonds is 4. The van der Waals surface area contributed by atoms with Crippen molar-refractivity contribution in [2.45, 2.75) is 33.4 Å². The number of aryl methyl sites for hydroxylation is 1. The lowest BCUT2D eigenvalue weighted by atomic mass is 10.2. The number of nitrogens with one attached hydrogen (secondary N) is 1. The number of H-pyrrole nitrogens is 1. The molecule has 0 aromatic carbocycles. The van der Waals surface area contributed by atoms with Gasteiger partial charge in [0.2, 0.25) is 0 Å². The predicted molar refractivity (Wildman–Crippen MR) is 71.5 cm³/mol. The van der Waals surface area contributed by atoms with E-state index in [0.29, 0.717) is 17.9 Å². The van der Waals surface area contributed by atoms with Gasteiger partial charge in [-0.2, -0.15) is 5.10 Å². The zero-order chi connectivity index (χ0) is 14.0.